The molecule has 0 radical (unpaired) electrons. The van der Waals surface area contributed by atoms with Gasteiger partial charge in [-0.2, -0.15) is 0 Å². The summed E-state index contributed by atoms with van der Waals surface area (Å²) < 4.78 is 0. The fourth-order valence-corrected chi connectivity index (χ4v) is 3.45. The molecule has 19 heavy (non-hydrogen) atoms. The Morgan fingerprint density at radius 1 is 1.32 bits per heavy atom. The van der Waals surface area contributed by atoms with Crippen molar-refractivity contribution in [1.82, 2.24) is 15.0 Å². The number of thiazole rings is 1. The lowest BCUT2D eigenvalue weighted by Crippen LogP contribution is -2.07. The lowest BCUT2D eigenvalue weighted by atomic mass is 10.3. The third-order valence-corrected chi connectivity index (χ3v) is 5.05. The Hall–Kier alpha value is -1.53. The summed E-state index contributed by atoms with van der Waals surface area (Å²) in [5.74, 6) is 0.881. The number of nitrogens with one attached hydrogen (secondary N) is 1. The van der Waals surface area contributed by atoms with Gasteiger partial charge in [-0.05, 0) is 24.8 Å². The molecule has 0 aliphatic heterocycles. The van der Waals surface area contributed by atoms with Gasteiger partial charge in [0.05, 0.1) is 11.4 Å². The second-order valence-corrected chi connectivity index (χ2v) is 6.29. The fraction of sp³-hybridized carbons (Fsp3) is 0.308. The van der Waals surface area contributed by atoms with Crippen molar-refractivity contribution in [2.24, 2.45) is 0 Å². The van der Waals surface area contributed by atoms with Gasteiger partial charge in [-0.15, -0.1) is 22.7 Å². The number of fused-ring (bicyclic) bond motifs is 1. The molecule has 0 aliphatic rings. The van der Waals surface area contributed by atoms with Gasteiger partial charge in [-0.1, -0.05) is 6.92 Å². The van der Waals surface area contributed by atoms with E-state index < -0.39 is 0 Å². The smallest absolute Gasteiger partial charge is 0.138 e. The van der Waals surface area contributed by atoms with Crippen LogP contribution in [-0.4, -0.2) is 15.0 Å². The Morgan fingerprint density at radius 3 is 3.00 bits per heavy atom. The molecule has 0 aromatic carbocycles. The standard InChI is InChI=1S/C13H14N4S2/c1-3-9-6-14-12(19-9)8(2)17-11-10-4-5-18-13(10)16-7-15-11/h4-8H,3H2,1-2H3,(H,15,16,17). The van der Waals surface area contributed by atoms with Crippen LogP contribution in [0.1, 0.15) is 29.8 Å². The molecule has 3 rings (SSSR count). The number of thiophene rings is 1. The maximum absolute atomic E-state index is 4.47. The summed E-state index contributed by atoms with van der Waals surface area (Å²) in [5, 5.41) is 7.64. The van der Waals surface area contributed by atoms with Gasteiger partial charge in [0, 0.05) is 11.1 Å². The molecule has 98 valence electrons. The summed E-state index contributed by atoms with van der Waals surface area (Å²) in [4.78, 5) is 15.4. The summed E-state index contributed by atoms with van der Waals surface area (Å²) >= 11 is 3.38. The van der Waals surface area contributed by atoms with Crippen molar-refractivity contribution in [3.8, 4) is 0 Å². The molecule has 0 bridgehead atoms. The van der Waals surface area contributed by atoms with Gasteiger partial charge in [0.25, 0.3) is 0 Å². The topological polar surface area (TPSA) is 50.7 Å². The number of aromatic nitrogens is 3. The van der Waals surface area contributed by atoms with Crippen molar-refractivity contribution in [2.45, 2.75) is 26.3 Å². The quantitative estimate of drug-likeness (QED) is 0.792. The number of nitrogens with zero attached hydrogens (tertiary/aromatic N) is 3. The molecule has 0 saturated heterocycles. The van der Waals surface area contributed by atoms with E-state index in [4.69, 9.17) is 0 Å². The Labute approximate surface area is 119 Å². The van der Waals surface area contributed by atoms with Gasteiger partial charge < -0.3 is 5.32 Å². The van der Waals surface area contributed by atoms with E-state index in [1.807, 2.05) is 17.6 Å². The van der Waals surface area contributed by atoms with E-state index >= 15 is 0 Å². The minimum absolute atomic E-state index is 0.156. The van der Waals surface area contributed by atoms with Crippen LogP contribution in [0.15, 0.2) is 24.0 Å². The minimum Gasteiger partial charge on any atom is -0.360 e. The lowest BCUT2D eigenvalue weighted by molar-refractivity contribution is 0.862. The molecule has 0 spiro atoms. The molecule has 6 heteroatoms. The number of aryl methyl sites for hydroxylation is 1. The number of anilines is 1. The molecule has 3 aromatic heterocycles. The Morgan fingerprint density at radius 2 is 2.21 bits per heavy atom. The summed E-state index contributed by atoms with van der Waals surface area (Å²) in [6, 6.07) is 2.21. The van der Waals surface area contributed by atoms with Crippen molar-refractivity contribution < 1.29 is 0 Å². The largest absolute Gasteiger partial charge is 0.360 e. The summed E-state index contributed by atoms with van der Waals surface area (Å²) in [6.45, 7) is 4.26. The zero-order valence-corrected chi connectivity index (χ0v) is 12.4. The number of hydrogen-bond acceptors (Lipinski definition) is 6. The van der Waals surface area contributed by atoms with Crippen molar-refractivity contribution in [1.29, 1.82) is 0 Å². The molecule has 0 saturated carbocycles. The molecule has 1 atom stereocenters. The van der Waals surface area contributed by atoms with Gasteiger partial charge in [0.1, 0.15) is 22.0 Å². The molecule has 3 aromatic rings. The summed E-state index contributed by atoms with van der Waals surface area (Å²) in [5.41, 5.74) is 0. The molecule has 1 N–H and O–H groups in total. The van der Waals surface area contributed by atoms with E-state index in [-0.39, 0.29) is 6.04 Å². The third kappa shape index (κ3) is 2.46. The molecule has 4 nitrogen and oxygen atoms in total. The molecule has 3 heterocycles. The lowest BCUT2D eigenvalue weighted by Gasteiger charge is -2.12. The first kappa shape index (κ1) is 12.5. The number of hydrogen-bond donors (Lipinski definition) is 1. The zero-order valence-electron chi connectivity index (χ0n) is 10.8. The van der Waals surface area contributed by atoms with Crippen LogP contribution in [0.25, 0.3) is 10.2 Å². The van der Waals surface area contributed by atoms with Crippen molar-refractivity contribution in [2.75, 3.05) is 5.32 Å². The van der Waals surface area contributed by atoms with Gasteiger partial charge in [-0.25, -0.2) is 15.0 Å². The summed E-state index contributed by atoms with van der Waals surface area (Å²) in [7, 11) is 0. The van der Waals surface area contributed by atoms with Crippen molar-refractivity contribution in [3.05, 3.63) is 33.9 Å². The van der Waals surface area contributed by atoms with Gasteiger partial charge in [0.15, 0.2) is 0 Å². The first-order valence-electron chi connectivity index (χ1n) is 6.17. The Balaban J connectivity index is 1.86. The molecule has 0 aliphatic carbocycles. The molecule has 0 amide bonds. The second kappa shape index (κ2) is 5.22. The van der Waals surface area contributed by atoms with Crippen LogP contribution in [0, 0.1) is 0 Å². The zero-order chi connectivity index (χ0) is 13.2. The van der Waals surface area contributed by atoms with Crippen molar-refractivity contribution in [3.63, 3.8) is 0 Å². The highest BCUT2D eigenvalue weighted by atomic mass is 32.1. The maximum atomic E-state index is 4.47. The van der Waals surface area contributed by atoms with E-state index in [2.05, 4.69) is 34.1 Å². The van der Waals surface area contributed by atoms with E-state index in [0.29, 0.717) is 0 Å². The monoisotopic (exact) mass is 290 g/mol. The first-order chi connectivity index (χ1) is 9.28. The maximum Gasteiger partial charge on any atom is 0.138 e. The Bertz CT molecular complexity index is 689. The average molecular weight is 290 g/mol. The van der Waals surface area contributed by atoms with E-state index in [0.717, 1.165) is 27.5 Å². The molecule has 1 unspecified atom stereocenters. The summed E-state index contributed by atoms with van der Waals surface area (Å²) in [6.07, 6.45) is 4.60. The highest BCUT2D eigenvalue weighted by Crippen LogP contribution is 2.28. The van der Waals surface area contributed by atoms with Crippen LogP contribution in [0.3, 0.4) is 0 Å². The molecular formula is C13H14N4S2. The second-order valence-electron chi connectivity index (χ2n) is 4.25. The molecule has 0 fully saturated rings. The van der Waals surface area contributed by atoms with Crippen LogP contribution in [-0.2, 0) is 6.42 Å². The predicted molar refractivity (Wildman–Crippen MR) is 80.9 cm³/mol. The Kier molecular flexibility index (Phi) is 3.44. The van der Waals surface area contributed by atoms with Crippen LogP contribution in [0.5, 0.6) is 0 Å². The third-order valence-electron chi connectivity index (χ3n) is 2.91. The van der Waals surface area contributed by atoms with Crippen LogP contribution in [0.4, 0.5) is 5.82 Å². The van der Waals surface area contributed by atoms with Crippen molar-refractivity contribution >= 4 is 38.7 Å². The highest BCUT2D eigenvalue weighted by molar-refractivity contribution is 7.16. The van der Waals surface area contributed by atoms with E-state index in [1.54, 1.807) is 29.0 Å². The minimum atomic E-state index is 0.156. The van der Waals surface area contributed by atoms with Crippen LogP contribution in [0.2, 0.25) is 0 Å². The highest BCUT2D eigenvalue weighted by Gasteiger charge is 2.12. The van der Waals surface area contributed by atoms with Gasteiger partial charge >= 0.3 is 0 Å². The SMILES string of the molecule is CCc1cnc(C(C)Nc2ncnc3sccc23)s1. The van der Waals surface area contributed by atoms with Crippen LogP contribution < -0.4 is 5.32 Å². The predicted octanol–water partition coefficient (Wildman–Crippen LogP) is 3.88. The fourth-order valence-electron chi connectivity index (χ4n) is 1.86. The normalized spacial score (nSPS) is 12.7. The molecular weight excluding hydrogens is 276 g/mol. The number of rotatable bonds is 4. The van der Waals surface area contributed by atoms with Crippen LogP contribution >= 0.6 is 22.7 Å². The van der Waals surface area contributed by atoms with E-state index in [1.165, 1.54) is 4.88 Å². The van der Waals surface area contributed by atoms with Gasteiger partial charge in [0.2, 0.25) is 0 Å². The van der Waals surface area contributed by atoms with E-state index in [9.17, 15) is 0 Å². The average Bonchev–Trinajstić information content (AvgIpc) is 3.08. The van der Waals surface area contributed by atoms with Gasteiger partial charge in [-0.3, -0.25) is 0 Å². The first-order valence-corrected chi connectivity index (χ1v) is 7.87.